The maximum atomic E-state index is 4.36. The highest BCUT2D eigenvalue weighted by atomic mass is 32.2. The summed E-state index contributed by atoms with van der Waals surface area (Å²) in [5.74, 6) is 0.783. The van der Waals surface area contributed by atoms with Crippen molar-refractivity contribution in [2.45, 2.75) is 17.3 Å². The van der Waals surface area contributed by atoms with Crippen LogP contribution in [0.5, 0.6) is 0 Å². The van der Waals surface area contributed by atoms with Crippen LogP contribution in [0.2, 0.25) is 0 Å². The highest BCUT2D eigenvalue weighted by molar-refractivity contribution is 7.98. The topological polar surface area (TPSA) is 69.4 Å². The molecule has 24 heavy (non-hydrogen) atoms. The van der Waals surface area contributed by atoms with Gasteiger partial charge in [0.2, 0.25) is 0 Å². The Morgan fingerprint density at radius 3 is 2.67 bits per heavy atom. The molecule has 0 radical (unpaired) electrons. The van der Waals surface area contributed by atoms with Crippen molar-refractivity contribution in [1.82, 2.24) is 29.9 Å². The molecule has 0 aliphatic carbocycles. The van der Waals surface area contributed by atoms with Crippen molar-refractivity contribution in [3.05, 3.63) is 72.3 Å². The number of aromatic nitrogens is 6. The second kappa shape index (κ2) is 6.76. The number of rotatable bonds is 5. The summed E-state index contributed by atoms with van der Waals surface area (Å²) in [6.07, 6.45) is 5.20. The molecule has 1 aromatic carbocycles. The highest BCUT2D eigenvalue weighted by Gasteiger charge is 2.12. The molecule has 118 valence electrons. The maximum Gasteiger partial charge on any atom is 0.183 e. The molecular weight excluding hydrogens is 320 g/mol. The second-order valence-electron chi connectivity index (χ2n) is 5.23. The van der Waals surface area contributed by atoms with E-state index in [1.165, 1.54) is 0 Å². The van der Waals surface area contributed by atoms with Gasteiger partial charge in [-0.15, -0.1) is 5.10 Å². The van der Waals surface area contributed by atoms with Crippen molar-refractivity contribution < 1.29 is 0 Å². The Bertz CT molecular complexity index is 939. The van der Waals surface area contributed by atoms with Crippen LogP contribution in [0.25, 0.3) is 11.2 Å². The predicted molar refractivity (Wildman–Crippen MR) is 92.5 cm³/mol. The van der Waals surface area contributed by atoms with E-state index in [9.17, 15) is 0 Å². The fourth-order valence-electron chi connectivity index (χ4n) is 2.38. The van der Waals surface area contributed by atoms with E-state index in [2.05, 4.69) is 37.4 Å². The average molecular weight is 334 g/mol. The summed E-state index contributed by atoms with van der Waals surface area (Å²) in [5.41, 5.74) is 3.79. The molecule has 0 spiro atoms. The minimum absolute atomic E-state index is 0.640. The molecule has 0 bridgehead atoms. The zero-order valence-electron chi connectivity index (χ0n) is 12.8. The molecule has 4 rings (SSSR count). The van der Waals surface area contributed by atoms with Crippen molar-refractivity contribution in [3.8, 4) is 0 Å². The first-order valence-electron chi connectivity index (χ1n) is 7.50. The van der Waals surface area contributed by atoms with Gasteiger partial charge in [0, 0.05) is 18.1 Å². The van der Waals surface area contributed by atoms with Crippen molar-refractivity contribution >= 4 is 22.9 Å². The molecule has 3 aromatic heterocycles. The molecule has 0 fully saturated rings. The predicted octanol–water partition coefficient (Wildman–Crippen LogP) is 2.96. The summed E-state index contributed by atoms with van der Waals surface area (Å²) in [6, 6.07) is 14.1. The molecule has 0 unspecified atom stereocenters. The maximum absolute atomic E-state index is 4.36. The zero-order valence-corrected chi connectivity index (χ0v) is 13.6. The van der Waals surface area contributed by atoms with Gasteiger partial charge in [-0.1, -0.05) is 53.4 Å². The molecule has 0 aliphatic rings. The normalized spacial score (nSPS) is 11.0. The van der Waals surface area contributed by atoms with Crippen LogP contribution in [0.4, 0.5) is 0 Å². The summed E-state index contributed by atoms with van der Waals surface area (Å²) in [4.78, 5) is 12.8. The summed E-state index contributed by atoms with van der Waals surface area (Å²) in [6.45, 7) is 0.640. The van der Waals surface area contributed by atoms with Gasteiger partial charge >= 0.3 is 0 Å². The fraction of sp³-hybridized carbons (Fsp3) is 0.118. The molecule has 0 aliphatic heterocycles. The molecule has 7 heteroatoms. The van der Waals surface area contributed by atoms with E-state index in [-0.39, 0.29) is 0 Å². The van der Waals surface area contributed by atoms with Crippen molar-refractivity contribution in [3.63, 3.8) is 0 Å². The monoisotopic (exact) mass is 334 g/mol. The third-order valence-electron chi connectivity index (χ3n) is 3.54. The SMILES string of the molecule is c1ccc(Cn2nnc3c(SCc4cccnc4)ncnc32)cc1. The van der Waals surface area contributed by atoms with Gasteiger partial charge in [-0.05, 0) is 17.2 Å². The van der Waals surface area contributed by atoms with Gasteiger partial charge in [0.05, 0.1) is 6.54 Å². The van der Waals surface area contributed by atoms with Crippen LogP contribution in [0.15, 0.2) is 66.2 Å². The van der Waals surface area contributed by atoms with Gasteiger partial charge in [-0.3, -0.25) is 4.98 Å². The molecule has 0 N–H and O–H groups in total. The van der Waals surface area contributed by atoms with E-state index in [0.717, 1.165) is 33.1 Å². The second-order valence-corrected chi connectivity index (χ2v) is 6.20. The van der Waals surface area contributed by atoms with Crippen LogP contribution in [0.3, 0.4) is 0 Å². The minimum atomic E-state index is 0.640. The van der Waals surface area contributed by atoms with Crippen molar-refractivity contribution in [2.24, 2.45) is 0 Å². The van der Waals surface area contributed by atoms with E-state index in [1.807, 2.05) is 36.5 Å². The van der Waals surface area contributed by atoms with Crippen LogP contribution in [0.1, 0.15) is 11.1 Å². The van der Waals surface area contributed by atoms with E-state index < -0.39 is 0 Å². The Balaban J connectivity index is 1.59. The molecule has 0 saturated heterocycles. The van der Waals surface area contributed by atoms with Crippen LogP contribution < -0.4 is 0 Å². The minimum Gasteiger partial charge on any atom is -0.264 e. The summed E-state index contributed by atoms with van der Waals surface area (Å²) in [7, 11) is 0. The molecule has 0 amide bonds. The quantitative estimate of drug-likeness (QED) is 0.413. The molecule has 6 nitrogen and oxygen atoms in total. The third kappa shape index (κ3) is 3.11. The van der Waals surface area contributed by atoms with Crippen LogP contribution in [0, 0.1) is 0 Å². The molecule has 0 saturated carbocycles. The molecule has 0 atom stereocenters. The Morgan fingerprint density at radius 1 is 0.958 bits per heavy atom. The Kier molecular flexibility index (Phi) is 4.16. The van der Waals surface area contributed by atoms with Crippen molar-refractivity contribution in [1.29, 1.82) is 0 Å². The van der Waals surface area contributed by atoms with Crippen molar-refractivity contribution in [2.75, 3.05) is 0 Å². The van der Waals surface area contributed by atoms with E-state index >= 15 is 0 Å². The van der Waals surface area contributed by atoms with E-state index in [4.69, 9.17) is 0 Å². The number of pyridine rings is 1. The third-order valence-corrected chi connectivity index (χ3v) is 4.59. The number of benzene rings is 1. The molecule has 3 heterocycles. The number of thioether (sulfide) groups is 1. The number of hydrogen-bond donors (Lipinski definition) is 0. The average Bonchev–Trinajstić information content (AvgIpc) is 3.05. The largest absolute Gasteiger partial charge is 0.264 e. The first kappa shape index (κ1) is 14.8. The Morgan fingerprint density at radius 2 is 1.83 bits per heavy atom. The molecule has 4 aromatic rings. The first-order valence-corrected chi connectivity index (χ1v) is 8.48. The lowest BCUT2D eigenvalue weighted by Crippen LogP contribution is -2.02. The Labute approximate surface area is 143 Å². The molecular formula is C17H14N6S. The zero-order chi connectivity index (χ0) is 16.2. The number of fused-ring (bicyclic) bond motifs is 1. The standard InChI is InChI=1S/C17H14N6S/c1-2-5-13(6-3-1)10-23-16-15(21-22-23)17(20-12-19-16)24-11-14-7-4-8-18-9-14/h1-9,12H,10-11H2. The fourth-order valence-corrected chi connectivity index (χ4v) is 3.24. The van der Waals surface area contributed by atoms with E-state index in [1.54, 1.807) is 29.0 Å². The smallest absolute Gasteiger partial charge is 0.183 e. The van der Waals surface area contributed by atoms with Gasteiger partial charge in [0.1, 0.15) is 11.4 Å². The summed E-state index contributed by atoms with van der Waals surface area (Å²) >= 11 is 1.62. The van der Waals surface area contributed by atoms with Gasteiger partial charge in [0.25, 0.3) is 0 Å². The number of hydrogen-bond acceptors (Lipinski definition) is 6. The lowest BCUT2D eigenvalue weighted by molar-refractivity contribution is 0.664. The van der Waals surface area contributed by atoms with Crippen LogP contribution in [-0.4, -0.2) is 29.9 Å². The van der Waals surface area contributed by atoms with Crippen LogP contribution >= 0.6 is 11.8 Å². The van der Waals surface area contributed by atoms with Gasteiger partial charge in [-0.25, -0.2) is 14.6 Å². The Hall–Kier alpha value is -2.80. The summed E-state index contributed by atoms with van der Waals surface area (Å²) < 4.78 is 1.81. The first-order chi connectivity index (χ1) is 11.9. The van der Waals surface area contributed by atoms with Crippen LogP contribution in [-0.2, 0) is 12.3 Å². The lowest BCUT2D eigenvalue weighted by Gasteiger charge is -2.03. The van der Waals surface area contributed by atoms with Gasteiger partial charge in [0.15, 0.2) is 11.2 Å². The van der Waals surface area contributed by atoms with E-state index in [0.29, 0.717) is 6.54 Å². The number of nitrogens with zero attached hydrogens (tertiary/aromatic N) is 6. The van der Waals surface area contributed by atoms with Gasteiger partial charge in [-0.2, -0.15) is 0 Å². The highest BCUT2D eigenvalue weighted by Crippen LogP contribution is 2.25. The summed E-state index contributed by atoms with van der Waals surface area (Å²) in [5, 5.41) is 9.36. The van der Waals surface area contributed by atoms with Gasteiger partial charge < -0.3 is 0 Å². The lowest BCUT2D eigenvalue weighted by atomic mass is 10.2.